The van der Waals surface area contributed by atoms with Gasteiger partial charge in [0.15, 0.2) is 0 Å². The fourth-order valence-electron chi connectivity index (χ4n) is 1.32. The van der Waals surface area contributed by atoms with E-state index in [-0.39, 0.29) is 17.7 Å². The van der Waals surface area contributed by atoms with Crippen molar-refractivity contribution in [3.05, 3.63) is 29.1 Å². The molecule has 0 atom stereocenters. The van der Waals surface area contributed by atoms with Crippen LogP contribution in [0.5, 0.6) is 0 Å². The van der Waals surface area contributed by atoms with Gasteiger partial charge in [-0.2, -0.15) is 5.10 Å². The normalized spacial score (nSPS) is 11.6. The quantitative estimate of drug-likeness (QED) is 0.680. The van der Waals surface area contributed by atoms with E-state index in [9.17, 15) is 14.4 Å². The lowest BCUT2D eigenvalue weighted by Gasteiger charge is -2.08. The lowest BCUT2D eigenvalue weighted by molar-refractivity contribution is -0.133. The van der Waals surface area contributed by atoms with E-state index < -0.39 is 17.9 Å². The number of rotatable bonds is 4. The minimum absolute atomic E-state index is 0.0202. The molecule has 0 aromatic carbocycles. The minimum Gasteiger partial charge on any atom is -0.478 e. The van der Waals surface area contributed by atoms with Gasteiger partial charge >= 0.3 is 12.0 Å². The first-order chi connectivity index (χ1) is 9.32. The number of carbonyl (C=O) groups is 3. The second-order valence-electron chi connectivity index (χ2n) is 4.14. The highest BCUT2D eigenvalue weighted by Gasteiger charge is 2.15. The van der Waals surface area contributed by atoms with E-state index in [0.29, 0.717) is 0 Å². The van der Waals surface area contributed by atoms with E-state index in [1.54, 1.807) is 24.0 Å². The van der Waals surface area contributed by atoms with Gasteiger partial charge < -0.3 is 10.4 Å². The highest BCUT2D eigenvalue weighted by molar-refractivity contribution is 6.07. The Morgan fingerprint density at radius 2 is 1.95 bits per heavy atom. The van der Waals surface area contributed by atoms with Gasteiger partial charge in [-0.15, -0.1) is 0 Å². The molecule has 0 unspecified atom stereocenters. The molecule has 0 spiro atoms. The average Bonchev–Trinajstić information content (AvgIpc) is 2.79. The Bertz CT molecular complexity index is 574. The van der Waals surface area contributed by atoms with Gasteiger partial charge in [0.2, 0.25) is 0 Å². The number of hydrogen-bond donors (Lipinski definition) is 3. The SMILES string of the molecule is CC(C(=O)O)=C(C)C(=O)NC(=O)NCc1ccnn1C. The molecule has 8 heteroatoms. The molecule has 108 valence electrons. The van der Waals surface area contributed by atoms with Crippen molar-refractivity contribution in [1.29, 1.82) is 0 Å². The summed E-state index contributed by atoms with van der Waals surface area (Å²) in [6.07, 6.45) is 1.59. The molecule has 0 radical (unpaired) electrons. The fourth-order valence-corrected chi connectivity index (χ4v) is 1.32. The standard InChI is InChI=1S/C12H16N4O4/c1-7(8(2)11(18)19)10(17)15-12(20)13-6-9-4-5-14-16(9)3/h4-5H,6H2,1-3H3,(H,18,19)(H2,13,15,17,20). The maximum absolute atomic E-state index is 11.6. The molecule has 1 heterocycles. The van der Waals surface area contributed by atoms with E-state index in [2.05, 4.69) is 15.7 Å². The smallest absolute Gasteiger partial charge is 0.331 e. The van der Waals surface area contributed by atoms with Crippen molar-refractivity contribution in [3.8, 4) is 0 Å². The predicted octanol–water partition coefficient (Wildman–Crippen LogP) is 0.167. The number of nitrogens with zero attached hydrogens (tertiary/aromatic N) is 2. The number of nitrogens with one attached hydrogen (secondary N) is 2. The molecule has 3 amide bonds. The minimum atomic E-state index is -1.20. The summed E-state index contributed by atoms with van der Waals surface area (Å²) in [5.74, 6) is -1.94. The number of aromatic nitrogens is 2. The third kappa shape index (κ3) is 3.94. The summed E-state index contributed by atoms with van der Waals surface area (Å²) in [5, 5.41) is 17.2. The van der Waals surface area contributed by atoms with Gasteiger partial charge in [-0.05, 0) is 19.9 Å². The van der Waals surface area contributed by atoms with Crippen molar-refractivity contribution >= 4 is 17.9 Å². The molecule has 0 bridgehead atoms. The molecule has 0 saturated heterocycles. The summed E-state index contributed by atoms with van der Waals surface area (Å²) < 4.78 is 1.59. The third-order valence-corrected chi connectivity index (χ3v) is 2.80. The first-order valence-electron chi connectivity index (χ1n) is 5.79. The van der Waals surface area contributed by atoms with Gasteiger partial charge in [-0.3, -0.25) is 14.8 Å². The van der Waals surface area contributed by atoms with Gasteiger partial charge in [0, 0.05) is 24.4 Å². The van der Waals surface area contributed by atoms with E-state index in [1.807, 2.05) is 0 Å². The second kappa shape index (κ2) is 6.50. The maximum atomic E-state index is 11.6. The van der Waals surface area contributed by atoms with Crippen molar-refractivity contribution in [2.24, 2.45) is 7.05 Å². The Morgan fingerprint density at radius 1 is 1.30 bits per heavy atom. The van der Waals surface area contributed by atoms with Gasteiger partial charge in [0.1, 0.15) is 0 Å². The van der Waals surface area contributed by atoms with Crippen LogP contribution in [-0.2, 0) is 23.2 Å². The van der Waals surface area contributed by atoms with Crippen LogP contribution in [0.3, 0.4) is 0 Å². The highest BCUT2D eigenvalue weighted by Crippen LogP contribution is 2.03. The van der Waals surface area contributed by atoms with Crippen LogP contribution in [-0.4, -0.2) is 32.8 Å². The summed E-state index contributed by atoms with van der Waals surface area (Å²) in [5.41, 5.74) is 0.636. The number of aryl methyl sites for hydroxylation is 1. The topological polar surface area (TPSA) is 113 Å². The van der Waals surface area contributed by atoms with Gasteiger partial charge in [0.05, 0.1) is 12.2 Å². The van der Waals surface area contributed by atoms with E-state index in [0.717, 1.165) is 5.69 Å². The van der Waals surface area contributed by atoms with E-state index in [4.69, 9.17) is 5.11 Å². The summed E-state index contributed by atoms with van der Waals surface area (Å²) in [6.45, 7) is 2.84. The van der Waals surface area contributed by atoms with Crippen molar-refractivity contribution in [2.75, 3.05) is 0 Å². The molecule has 0 aliphatic rings. The fraction of sp³-hybridized carbons (Fsp3) is 0.333. The Morgan fingerprint density at radius 3 is 2.45 bits per heavy atom. The van der Waals surface area contributed by atoms with Gasteiger partial charge in [0.25, 0.3) is 5.91 Å². The Hall–Kier alpha value is -2.64. The number of carboxylic acid groups (broad SMARTS) is 1. The van der Waals surface area contributed by atoms with Crippen LogP contribution in [0.15, 0.2) is 23.4 Å². The summed E-state index contributed by atoms with van der Waals surface area (Å²) in [4.78, 5) is 33.8. The summed E-state index contributed by atoms with van der Waals surface area (Å²) in [6, 6.07) is 1.02. The molecular weight excluding hydrogens is 264 g/mol. The number of carbonyl (C=O) groups excluding carboxylic acids is 2. The molecule has 1 aromatic rings. The number of hydrogen-bond acceptors (Lipinski definition) is 4. The van der Waals surface area contributed by atoms with E-state index >= 15 is 0 Å². The van der Waals surface area contributed by atoms with Crippen molar-refractivity contribution < 1.29 is 19.5 Å². The number of carboxylic acids is 1. The first-order valence-corrected chi connectivity index (χ1v) is 5.79. The molecule has 1 aromatic heterocycles. The lowest BCUT2D eigenvalue weighted by Crippen LogP contribution is -2.40. The van der Waals surface area contributed by atoms with Gasteiger partial charge in [-0.1, -0.05) is 0 Å². The van der Waals surface area contributed by atoms with Gasteiger partial charge in [-0.25, -0.2) is 9.59 Å². The molecule has 0 aliphatic heterocycles. The second-order valence-corrected chi connectivity index (χ2v) is 4.14. The van der Waals surface area contributed by atoms with Crippen molar-refractivity contribution in [2.45, 2.75) is 20.4 Å². The van der Waals surface area contributed by atoms with Crippen molar-refractivity contribution in [1.82, 2.24) is 20.4 Å². The monoisotopic (exact) mass is 280 g/mol. The Kier molecular flexibility index (Phi) is 5.01. The summed E-state index contributed by atoms with van der Waals surface area (Å²) in [7, 11) is 1.73. The zero-order chi connectivity index (χ0) is 15.3. The molecule has 0 saturated carbocycles. The highest BCUT2D eigenvalue weighted by atomic mass is 16.4. The number of aliphatic carboxylic acids is 1. The summed E-state index contributed by atoms with van der Waals surface area (Å²) >= 11 is 0. The van der Waals surface area contributed by atoms with Crippen LogP contribution in [0.4, 0.5) is 4.79 Å². The number of imide groups is 1. The zero-order valence-electron chi connectivity index (χ0n) is 11.4. The number of amides is 3. The zero-order valence-corrected chi connectivity index (χ0v) is 11.4. The lowest BCUT2D eigenvalue weighted by atomic mass is 10.1. The van der Waals surface area contributed by atoms with E-state index in [1.165, 1.54) is 13.8 Å². The molecule has 8 nitrogen and oxygen atoms in total. The van der Waals surface area contributed by atoms with Crippen LogP contribution in [0.1, 0.15) is 19.5 Å². The average molecular weight is 280 g/mol. The molecular formula is C12H16N4O4. The largest absolute Gasteiger partial charge is 0.478 e. The first kappa shape index (κ1) is 15.4. The molecule has 0 fully saturated rings. The third-order valence-electron chi connectivity index (χ3n) is 2.80. The molecule has 20 heavy (non-hydrogen) atoms. The predicted molar refractivity (Wildman–Crippen MR) is 69.6 cm³/mol. The molecule has 3 N–H and O–H groups in total. The maximum Gasteiger partial charge on any atom is 0.331 e. The van der Waals surface area contributed by atoms with Crippen LogP contribution in [0.2, 0.25) is 0 Å². The van der Waals surface area contributed by atoms with Crippen LogP contribution in [0.25, 0.3) is 0 Å². The van der Waals surface area contributed by atoms with Crippen molar-refractivity contribution in [3.63, 3.8) is 0 Å². The Labute approximate surface area is 115 Å². The molecule has 1 rings (SSSR count). The Balaban J connectivity index is 2.55. The molecule has 0 aliphatic carbocycles. The van der Waals surface area contributed by atoms with Crippen LogP contribution in [0, 0.1) is 0 Å². The van der Waals surface area contributed by atoms with Crippen LogP contribution >= 0.6 is 0 Å². The number of urea groups is 1. The van der Waals surface area contributed by atoms with Crippen LogP contribution < -0.4 is 10.6 Å².